The number of nitrogens with two attached hydrogens (primary N) is 1. The Morgan fingerprint density at radius 1 is 1.38 bits per heavy atom. The van der Waals surface area contributed by atoms with Gasteiger partial charge in [-0.1, -0.05) is 0 Å². The number of nitrogen functional groups attached to an aromatic ring is 1. The summed E-state index contributed by atoms with van der Waals surface area (Å²) in [6, 6.07) is 3.62. The Balaban J connectivity index is 2.97. The van der Waals surface area contributed by atoms with E-state index >= 15 is 0 Å². The van der Waals surface area contributed by atoms with Gasteiger partial charge in [0.15, 0.2) is 0 Å². The van der Waals surface area contributed by atoms with E-state index in [2.05, 4.69) is 34.9 Å². The minimum Gasteiger partial charge on any atom is -0.396 e. The molecule has 1 rings (SSSR count). The normalized spacial score (nSPS) is 11.6. The third-order valence-corrected chi connectivity index (χ3v) is 2.03. The van der Waals surface area contributed by atoms with Crippen molar-refractivity contribution in [2.75, 3.05) is 24.5 Å². The van der Waals surface area contributed by atoms with Crippen LogP contribution < -0.4 is 5.73 Å². The Hall–Kier alpha value is -1.14. The van der Waals surface area contributed by atoms with E-state index in [0.29, 0.717) is 11.4 Å². The predicted octanol–water partition coefficient (Wildman–Crippen LogP) is 1.67. The summed E-state index contributed by atoms with van der Waals surface area (Å²) in [6.45, 7) is 0. The Bertz CT molecular complexity index is 355. The molecular formula is C10H14N2S. The van der Waals surface area contributed by atoms with Crippen LogP contribution in [0.25, 0.3) is 0 Å². The van der Waals surface area contributed by atoms with Gasteiger partial charge in [-0.05, 0) is 42.1 Å². The molecule has 0 aliphatic heterocycles. The van der Waals surface area contributed by atoms with Gasteiger partial charge in [0.05, 0.1) is 5.69 Å². The van der Waals surface area contributed by atoms with Crippen LogP contribution in [0.2, 0.25) is 0 Å². The van der Waals surface area contributed by atoms with Crippen molar-refractivity contribution in [3.05, 3.63) is 24.0 Å². The molecule has 0 amide bonds. The van der Waals surface area contributed by atoms with Crippen LogP contribution in [-0.4, -0.2) is 23.8 Å². The first-order chi connectivity index (χ1) is 5.99. The summed E-state index contributed by atoms with van der Waals surface area (Å²) in [5, 5.41) is 3.17. The minimum absolute atomic E-state index is 0.652. The zero-order valence-electron chi connectivity index (χ0n) is 8.16. The van der Waals surface area contributed by atoms with Gasteiger partial charge in [-0.3, -0.25) is 0 Å². The molecule has 0 unspecified atom stereocenters. The maximum absolute atomic E-state index is 5.69. The van der Waals surface area contributed by atoms with Gasteiger partial charge in [-0.15, -0.1) is 0 Å². The molecule has 1 aromatic rings. The quantitative estimate of drug-likeness (QED) is 0.638. The Morgan fingerprint density at radius 2 is 2.08 bits per heavy atom. The summed E-state index contributed by atoms with van der Waals surface area (Å²) in [6.07, 6.45) is 8.12. The topological polar surface area (TPSA) is 38.9 Å². The molecule has 70 valence electrons. The lowest BCUT2D eigenvalue weighted by atomic mass is 10.3. The number of pyridine rings is 1. The highest BCUT2D eigenvalue weighted by Crippen LogP contribution is 2.32. The van der Waals surface area contributed by atoms with Crippen LogP contribution in [-0.2, 0) is 0 Å². The van der Waals surface area contributed by atoms with Crippen LogP contribution in [0.1, 0.15) is 5.69 Å². The number of nitrogens with zero attached hydrogens (tertiary/aromatic N) is 1. The van der Waals surface area contributed by atoms with Crippen molar-refractivity contribution < 1.29 is 0 Å². The van der Waals surface area contributed by atoms with Crippen molar-refractivity contribution in [2.24, 2.45) is 0 Å². The van der Waals surface area contributed by atoms with Crippen molar-refractivity contribution in [2.45, 2.75) is 0 Å². The molecule has 0 saturated carbocycles. The van der Waals surface area contributed by atoms with E-state index in [0.717, 1.165) is 0 Å². The molecule has 0 aromatic carbocycles. The highest BCUT2D eigenvalue weighted by Gasteiger charge is 1.98. The summed E-state index contributed by atoms with van der Waals surface area (Å²) in [7, 11) is -0.796. The van der Waals surface area contributed by atoms with Crippen LogP contribution in [0, 0.1) is 11.2 Å². The fourth-order valence-corrected chi connectivity index (χ4v) is 1.13. The molecule has 1 aromatic heterocycles. The molecule has 0 saturated heterocycles. The zero-order chi connectivity index (χ0) is 9.90. The molecule has 0 radical (unpaired) electrons. The predicted molar refractivity (Wildman–Crippen MR) is 60.9 cm³/mol. The van der Waals surface area contributed by atoms with Gasteiger partial charge < -0.3 is 5.73 Å². The van der Waals surface area contributed by atoms with Crippen LogP contribution in [0.15, 0.2) is 18.3 Å². The van der Waals surface area contributed by atoms with E-state index in [1.54, 1.807) is 6.20 Å². The van der Waals surface area contributed by atoms with Crippen LogP contribution in [0.4, 0.5) is 5.69 Å². The minimum atomic E-state index is -0.796. The van der Waals surface area contributed by atoms with Gasteiger partial charge in [0, 0.05) is 6.20 Å². The molecule has 3 heteroatoms. The largest absolute Gasteiger partial charge is 0.396 e. The third kappa shape index (κ3) is 3.39. The summed E-state index contributed by atoms with van der Waals surface area (Å²) in [5.41, 5.74) is 7.03. The number of hydrogen-bond acceptors (Lipinski definition) is 2. The third-order valence-electron chi connectivity index (χ3n) is 1.31. The number of anilines is 1. The van der Waals surface area contributed by atoms with E-state index in [-0.39, 0.29) is 0 Å². The summed E-state index contributed by atoms with van der Waals surface area (Å²) in [5.74, 6) is 3.00. The maximum Gasteiger partial charge on any atom is 0.136 e. The SMILES string of the molecule is CS(C)(C)C#Cc1ncccc1N. The molecule has 0 aliphatic rings. The molecule has 2 N–H and O–H groups in total. The van der Waals surface area contributed by atoms with Crippen LogP contribution in [0.5, 0.6) is 0 Å². The Kier molecular flexibility index (Phi) is 2.84. The Labute approximate surface area is 80.9 Å². The van der Waals surface area contributed by atoms with Gasteiger partial charge in [-0.2, -0.15) is 10.0 Å². The first kappa shape index (κ1) is 9.94. The molecule has 0 spiro atoms. The van der Waals surface area contributed by atoms with E-state index in [1.165, 1.54) is 0 Å². The summed E-state index contributed by atoms with van der Waals surface area (Å²) in [4.78, 5) is 4.10. The van der Waals surface area contributed by atoms with Crippen molar-refractivity contribution in [1.82, 2.24) is 4.98 Å². The number of hydrogen-bond donors (Lipinski definition) is 1. The van der Waals surface area contributed by atoms with E-state index in [1.807, 2.05) is 12.1 Å². The second-order valence-electron chi connectivity index (χ2n) is 3.51. The second-order valence-corrected chi connectivity index (χ2v) is 7.38. The fourth-order valence-electron chi connectivity index (χ4n) is 0.724. The van der Waals surface area contributed by atoms with Gasteiger partial charge in [0.1, 0.15) is 5.69 Å². The average molecular weight is 194 g/mol. The molecule has 13 heavy (non-hydrogen) atoms. The molecule has 0 aliphatic carbocycles. The monoisotopic (exact) mass is 194 g/mol. The average Bonchev–Trinajstić information content (AvgIpc) is 2.01. The van der Waals surface area contributed by atoms with Crippen molar-refractivity contribution in [3.63, 3.8) is 0 Å². The number of rotatable bonds is 0. The first-order valence-corrected chi connectivity index (χ1v) is 6.76. The highest BCUT2D eigenvalue weighted by atomic mass is 32.3. The lowest BCUT2D eigenvalue weighted by molar-refractivity contribution is 1.29. The molecule has 0 atom stereocenters. The summed E-state index contributed by atoms with van der Waals surface area (Å²) < 4.78 is 0. The maximum atomic E-state index is 5.69. The van der Waals surface area contributed by atoms with Gasteiger partial charge in [0.25, 0.3) is 0 Å². The molecule has 2 nitrogen and oxygen atoms in total. The summed E-state index contributed by atoms with van der Waals surface area (Å²) >= 11 is 0. The van der Waals surface area contributed by atoms with Crippen molar-refractivity contribution >= 4 is 15.7 Å². The smallest absolute Gasteiger partial charge is 0.136 e. The lowest BCUT2D eigenvalue weighted by Crippen LogP contribution is -1.93. The van der Waals surface area contributed by atoms with Crippen LogP contribution in [0.3, 0.4) is 0 Å². The fraction of sp³-hybridized carbons (Fsp3) is 0.300. The van der Waals surface area contributed by atoms with Gasteiger partial charge in [-0.25, -0.2) is 4.98 Å². The Morgan fingerprint density at radius 3 is 2.62 bits per heavy atom. The van der Waals surface area contributed by atoms with E-state index in [9.17, 15) is 0 Å². The van der Waals surface area contributed by atoms with E-state index in [4.69, 9.17) is 5.73 Å². The molecule has 0 bridgehead atoms. The molecule has 0 fully saturated rings. The highest BCUT2D eigenvalue weighted by molar-refractivity contribution is 8.35. The van der Waals surface area contributed by atoms with Crippen molar-refractivity contribution in [1.29, 1.82) is 0 Å². The van der Waals surface area contributed by atoms with Gasteiger partial charge in [0.2, 0.25) is 0 Å². The number of aromatic nitrogens is 1. The van der Waals surface area contributed by atoms with E-state index < -0.39 is 10.0 Å². The molecular weight excluding hydrogens is 180 g/mol. The zero-order valence-corrected chi connectivity index (χ0v) is 8.98. The lowest BCUT2D eigenvalue weighted by Gasteiger charge is -2.14. The molecule has 1 heterocycles. The van der Waals surface area contributed by atoms with Crippen molar-refractivity contribution in [3.8, 4) is 11.2 Å². The standard InChI is InChI=1S/C10H14N2S/c1-13(2,3)8-6-10-9(11)5-4-7-12-10/h4-5,7H,11H2,1-3H3. The van der Waals surface area contributed by atoms with Gasteiger partial charge >= 0.3 is 0 Å². The first-order valence-electron chi connectivity index (χ1n) is 3.90. The second kappa shape index (κ2) is 3.71. The van der Waals surface area contributed by atoms with Crippen LogP contribution >= 0.6 is 10.0 Å².